The van der Waals surface area contributed by atoms with Crippen molar-refractivity contribution in [3.63, 3.8) is 0 Å². The van der Waals surface area contributed by atoms with Crippen LogP contribution in [0.25, 0.3) is 0 Å². The van der Waals surface area contributed by atoms with Gasteiger partial charge in [-0.3, -0.25) is 4.79 Å². The highest BCUT2D eigenvalue weighted by atomic mass is 127. The SMILES string of the molecule is CC1CCCN(C(=O)c2cc(Cl)ccc2I)C1. The first-order chi connectivity index (χ1) is 8.08. The lowest BCUT2D eigenvalue weighted by Crippen LogP contribution is -2.39. The third-order valence-electron chi connectivity index (χ3n) is 3.10. The molecule has 0 spiro atoms. The largest absolute Gasteiger partial charge is 0.338 e. The smallest absolute Gasteiger partial charge is 0.254 e. The van der Waals surface area contributed by atoms with E-state index < -0.39 is 0 Å². The van der Waals surface area contributed by atoms with E-state index in [0.717, 1.165) is 28.6 Å². The highest BCUT2D eigenvalue weighted by Gasteiger charge is 2.23. The van der Waals surface area contributed by atoms with E-state index in [2.05, 4.69) is 29.5 Å². The number of hydrogen-bond donors (Lipinski definition) is 0. The molecule has 1 heterocycles. The van der Waals surface area contributed by atoms with Crippen molar-refractivity contribution in [1.29, 1.82) is 0 Å². The standard InChI is InChI=1S/C13H15ClINO/c1-9-3-2-6-16(8-9)13(17)11-7-10(14)4-5-12(11)15/h4-5,7,9H,2-3,6,8H2,1H3. The number of benzene rings is 1. The molecule has 2 nitrogen and oxygen atoms in total. The number of amides is 1. The number of carbonyl (C=O) groups excluding carboxylic acids is 1. The molecule has 1 aromatic rings. The Morgan fingerprint density at radius 3 is 3.00 bits per heavy atom. The number of nitrogens with zero attached hydrogens (tertiary/aromatic N) is 1. The van der Waals surface area contributed by atoms with Crippen LogP contribution in [0, 0.1) is 9.49 Å². The summed E-state index contributed by atoms with van der Waals surface area (Å²) >= 11 is 8.14. The maximum absolute atomic E-state index is 12.4. The van der Waals surface area contributed by atoms with Gasteiger partial charge in [0.25, 0.3) is 5.91 Å². The second kappa shape index (κ2) is 5.57. The van der Waals surface area contributed by atoms with E-state index in [1.807, 2.05) is 17.0 Å². The first-order valence-electron chi connectivity index (χ1n) is 5.82. The van der Waals surface area contributed by atoms with Crippen molar-refractivity contribution in [3.05, 3.63) is 32.4 Å². The Morgan fingerprint density at radius 1 is 1.53 bits per heavy atom. The molecule has 0 radical (unpaired) electrons. The zero-order valence-corrected chi connectivity index (χ0v) is 12.7. The summed E-state index contributed by atoms with van der Waals surface area (Å²) in [7, 11) is 0. The average molecular weight is 364 g/mol. The third kappa shape index (κ3) is 3.13. The molecule has 92 valence electrons. The Balaban J connectivity index is 2.21. The van der Waals surface area contributed by atoms with Crippen molar-refractivity contribution in [3.8, 4) is 0 Å². The summed E-state index contributed by atoms with van der Waals surface area (Å²) in [4.78, 5) is 14.3. The van der Waals surface area contributed by atoms with E-state index in [1.54, 1.807) is 6.07 Å². The Morgan fingerprint density at radius 2 is 2.29 bits per heavy atom. The van der Waals surface area contributed by atoms with E-state index in [0.29, 0.717) is 10.9 Å². The molecular formula is C13H15ClINO. The zero-order valence-electron chi connectivity index (χ0n) is 9.75. The predicted octanol–water partition coefficient (Wildman–Crippen LogP) is 3.82. The van der Waals surface area contributed by atoms with Gasteiger partial charge in [-0.1, -0.05) is 18.5 Å². The number of piperidine rings is 1. The van der Waals surface area contributed by atoms with Gasteiger partial charge in [0.2, 0.25) is 0 Å². The number of carbonyl (C=O) groups is 1. The molecule has 0 aliphatic carbocycles. The molecule has 0 saturated carbocycles. The van der Waals surface area contributed by atoms with Crippen molar-refractivity contribution in [2.75, 3.05) is 13.1 Å². The summed E-state index contributed by atoms with van der Waals surface area (Å²) in [6, 6.07) is 5.48. The van der Waals surface area contributed by atoms with Crippen molar-refractivity contribution in [2.45, 2.75) is 19.8 Å². The normalized spacial score (nSPS) is 20.4. The second-order valence-corrected chi connectivity index (χ2v) is 6.22. The molecule has 2 rings (SSSR count). The number of hydrogen-bond acceptors (Lipinski definition) is 1. The fourth-order valence-electron chi connectivity index (χ4n) is 2.21. The maximum Gasteiger partial charge on any atom is 0.254 e. The van der Waals surface area contributed by atoms with Crippen molar-refractivity contribution in [2.24, 2.45) is 5.92 Å². The molecule has 0 bridgehead atoms. The van der Waals surface area contributed by atoms with E-state index in [1.165, 1.54) is 6.42 Å². The van der Waals surface area contributed by atoms with Gasteiger partial charge < -0.3 is 4.90 Å². The first kappa shape index (κ1) is 13.1. The van der Waals surface area contributed by atoms with Crippen molar-refractivity contribution >= 4 is 40.1 Å². The molecule has 1 saturated heterocycles. The Labute approximate surface area is 120 Å². The summed E-state index contributed by atoms with van der Waals surface area (Å²) in [6.07, 6.45) is 2.32. The first-order valence-corrected chi connectivity index (χ1v) is 7.28. The fourth-order valence-corrected chi connectivity index (χ4v) is 2.94. The lowest BCUT2D eigenvalue weighted by Gasteiger charge is -2.31. The summed E-state index contributed by atoms with van der Waals surface area (Å²) in [6.45, 7) is 3.93. The van der Waals surface area contributed by atoms with Crippen LogP contribution in [0.4, 0.5) is 0 Å². The molecule has 1 aliphatic heterocycles. The van der Waals surface area contributed by atoms with Gasteiger partial charge in [0.1, 0.15) is 0 Å². The maximum atomic E-state index is 12.4. The van der Waals surface area contributed by atoms with E-state index in [9.17, 15) is 4.79 Å². The van der Waals surface area contributed by atoms with Crippen LogP contribution in [0.15, 0.2) is 18.2 Å². The minimum Gasteiger partial charge on any atom is -0.338 e. The van der Waals surface area contributed by atoms with Gasteiger partial charge in [0, 0.05) is 21.7 Å². The van der Waals surface area contributed by atoms with Crippen molar-refractivity contribution in [1.82, 2.24) is 4.90 Å². The zero-order chi connectivity index (χ0) is 12.4. The van der Waals surface area contributed by atoms with E-state index in [4.69, 9.17) is 11.6 Å². The monoisotopic (exact) mass is 363 g/mol. The van der Waals surface area contributed by atoms with Crippen LogP contribution in [0.1, 0.15) is 30.1 Å². The van der Waals surface area contributed by atoms with Crippen LogP contribution >= 0.6 is 34.2 Å². The summed E-state index contributed by atoms with van der Waals surface area (Å²) in [5.74, 6) is 0.716. The van der Waals surface area contributed by atoms with Crippen LogP contribution in [-0.4, -0.2) is 23.9 Å². The topological polar surface area (TPSA) is 20.3 Å². The second-order valence-electron chi connectivity index (χ2n) is 4.62. The van der Waals surface area contributed by atoms with Gasteiger partial charge in [0.15, 0.2) is 0 Å². The van der Waals surface area contributed by atoms with Crippen LogP contribution in [-0.2, 0) is 0 Å². The summed E-state index contributed by atoms with van der Waals surface area (Å²) in [5, 5.41) is 0.624. The van der Waals surface area contributed by atoms with Gasteiger partial charge in [-0.05, 0) is 59.5 Å². The molecule has 1 atom stereocenters. The molecule has 1 unspecified atom stereocenters. The molecule has 0 N–H and O–H groups in total. The van der Waals surface area contributed by atoms with E-state index >= 15 is 0 Å². The molecule has 1 aromatic carbocycles. The molecular weight excluding hydrogens is 349 g/mol. The Bertz CT molecular complexity index is 435. The van der Waals surface area contributed by atoms with Gasteiger partial charge in [-0.25, -0.2) is 0 Å². The van der Waals surface area contributed by atoms with Crippen molar-refractivity contribution < 1.29 is 4.79 Å². The van der Waals surface area contributed by atoms with Crippen LogP contribution in [0.5, 0.6) is 0 Å². The van der Waals surface area contributed by atoms with E-state index in [-0.39, 0.29) is 5.91 Å². The van der Waals surface area contributed by atoms with Crippen LogP contribution in [0.2, 0.25) is 5.02 Å². The minimum absolute atomic E-state index is 0.114. The number of halogens is 2. The summed E-state index contributed by atoms with van der Waals surface area (Å²) < 4.78 is 0.968. The molecule has 17 heavy (non-hydrogen) atoms. The quantitative estimate of drug-likeness (QED) is 0.695. The Kier molecular flexibility index (Phi) is 4.31. The molecule has 1 aliphatic rings. The van der Waals surface area contributed by atoms with Gasteiger partial charge >= 0.3 is 0 Å². The number of likely N-dealkylation sites (tertiary alicyclic amines) is 1. The highest BCUT2D eigenvalue weighted by molar-refractivity contribution is 14.1. The predicted molar refractivity (Wildman–Crippen MR) is 78.5 cm³/mol. The summed E-state index contributed by atoms with van der Waals surface area (Å²) in [5.41, 5.74) is 0.729. The van der Waals surface area contributed by atoms with Gasteiger partial charge in [-0.15, -0.1) is 0 Å². The molecule has 4 heteroatoms. The van der Waals surface area contributed by atoms with Gasteiger partial charge in [0.05, 0.1) is 5.56 Å². The Hall–Kier alpha value is -0.290. The number of rotatable bonds is 1. The van der Waals surface area contributed by atoms with Crippen LogP contribution < -0.4 is 0 Å². The average Bonchev–Trinajstić information content (AvgIpc) is 2.31. The molecule has 1 fully saturated rings. The third-order valence-corrected chi connectivity index (χ3v) is 4.28. The molecule has 1 amide bonds. The minimum atomic E-state index is 0.114. The lowest BCUT2D eigenvalue weighted by molar-refractivity contribution is 0.0682. The van der Waals surface area contributed by atoms with Gasteiger partial charge in [-0.2, -0.15) is 0 Å². The highest BCUT2D eigenvalue weighted by Crippen LogP contribution is 2.22. The molecule has 0 aromatic heterocycles. The van der Waals surface area contributed by atoms with Crippen LogP contribution in [0.3, 0.4) is 0 Å². The lowest BCUT2D eigenvalue weighted by atomic mass is 9.99. The fraction of sp³-hybridized carbons (Fsp3) is 0.462.